The van der Waals surface area contributed by atoms with Crippen molar-refractivity contribution in [2.75, 3.05) is 0 Å². The summed E-state index contributed by atoms with van der Waals surface area (Å²) in [6.07, 6.45) is 1.61. The maximum absolute atomic E-state index is 13.0. The fourth-order valence-electron chi connectivity index (χ4n) is 3.08. The third-order valence-electron chi connectivity index (χ3n) is 4.49. The van der Waals surface area contributed by atoms with E-state index in [1.165, 1.54) is 4.57 Å². The maximum atomic E-state index is 13.0. The molecule has 27 heavy (non-hydrogen) atoms. The van der Waals surface area contributed by atoms with Crippen molar-refractivity contribution in [3.8, 4) is 11.6 Å². The molecule has 0 unspecified atom stereocenters. The van der Waals surface area contributed by atoms with Gasteiger partial charge in [0.2, 0.25) is 5.88 Å². The average Bonchev–Trinajstić information content (AvgIpc) is 2.70. The van der Waals surface area contributed by atoms with Crippen LogP contribution < -0.4 is 5.56 Å². The molecular formula is C23H18N2O2. The molecule has 0 atom stereocenters. The lowest BCUT2D eigenvalue weighted by Crippen LogP contribution is -2.20. The van der Waals surface area contributed by atoms with Crippen LogP contribution in [-0.4, -0.2) is 15.9 Å². The molecule has 0 saturated carbocycles. The Morgan fingerprint density at radius 3 is 2.19 bits per heavy atom. The molecule has 3 aromatic carbocycles. The van der Waals surface area contributed by atoms with Gasteiger partial charge in [-0.1, -0.05) is 54.1 Å². The van der Waals surface area contributed by atoms with Crippen molar-refractivity contribution in [3.05, 3.63) is 100 Å². The summed E-state index contributed by atoms with van der Waals surface area (Å²) in [6.45, 7) is 2.02. The highest BCUT2D eigenvalue weighted by atomic mass is 16.3. The minimum absolute atomic E-state index is 0.124. The molecule has 0 aliphatic heterocycles. The van der Waals surface area contributed by atoms with Crippen LogP contribution in [0.2, 0.25) is 0 Å². The molecule has 132 valence electrons. The van der Waals surface area contributed by atoms with Crippen LogP contribution in [-0.2, 0) is 0 Å². The number of hydrogen-bond acceptors (Lipinski definition) is 3. The van der Waals surface area contributed by atoms with Crippen LogP contribution in [0.25, 0.3) is 16.5 Å². The van der Waals surface area contributed by atoms with Gasteiger partial charge >= 0.3 is 0 Å². The molecule has 1 heterocycles. The summed E-state index contributed by atoms with van der Waals surface area (Å²) >= 11 is 0. The van der Waals surface area contributed by atoms with E-state index in [4.69, 9.17) is 0 Å². The van der Waals surface area contributed by atoms with Crippen LogP contribution in [0.1, 0.15) is 11.1 Å². The van der Waals surface area contributed by atoms with Crippen molar-refractivity contribution in [1.29, 1.82) is 0 Å². The number of hydrogen-bond donors (Lipinski definition) is 1. The van der Waals surface area contributed by atoms with Crippen molar-refractivity contribution >= 4 is 22.7 Å². The first-order valence-electron chi connectivity index (χ1n) is 8.68. The monoisotopic (exact) mass is 354 g/mol. The summed E-state index contributed by atoms with van der Waals surface area (Å²) in [5, 5.41) is 12.1. The fourth-order valence-corrected chi connectivity index (χ4v) is 3.08. The zero-order chi connectivity index (χ0) is 18.8. The van der Waals surface area contributed by atoms with E-state index in [-0.39, 0.29) is 11.4 Å². The summed E-state index contributed by atoms with van der Waals surface area (Å²) in [6, 6.07) is 24.1. The van der Waals surface area contributed by atoms with Gasteiger partial charge in [0.05, 0.1) is 16.9 Å². The van der Waals surface area contributed by atoms with E-state index in [2.05, 4.69) is 4.99 Å². The lowest BCUT2D eigenvalue weighted by molar-refractivity contribution is 0.436. The number of rotatable bonds is 3. The zero-order valence-electron chi connectivity index (χ0n) is 14.8. The number of benzene rings is 3. The van der Waals surface area contributed by atoms with Crippen molar-refractivity contribution in [1.82, 2.24) is 4.57 Å². The number of para-hydroxylation sites is 1. The number of aryl methyl sites for hydroxylation is 1. The number of aromatic nitrogens is 1. The van der Waals surface area contributed by atoms with E-state index >= 15 is 0 Å². The zero-order valence-corrected chi connectivity index (χ0v) is 14.8. The average molecular weight is 354 g/mol. The molecule has 0 fully saturated rings. The van der Waals surface area contributed by atoms with Crippen LogP contribution in [0, 0.1) is 6.92 Å². The first-order valence-corrected chi connectivity index (χ1v) is 8.68. The Morgan fingerprint density at radius 1 is 0.852 bits per heavy atom. The van der Waals surface area contributed by atoms with Gasteiger partial charge in [-0.05, 0) is 37.3 Å². The summed E-state index contributed by atoms with van der Waals surface area (Å²) in [5.74, 6) is -0.124. The predicted octanol–water partition coefficient (Wildman–Crippen LogP) is 4.76. The number of nitrogens with zero attached hydrogens (tertiary/aromatic N) is 2. The van der Waals surface area contributed by atoms with Crippen LogP contribution in [0.15, 0.2) is 88.6 Å². The minimum atomic E-state index is -0.262. The van der Waals surface area contributed by atoms with E-state index in [0.717, 1.165) is 11.3 Å². The molecule has 0 amide bonds. The normalized spacial score (nSPS) is 11.3. The van der Waals surface area contributed by atoms with Crippen LogP contribution in [0.4, 0.5) is 5.69 Å². The molecule has 4 aromatic rings. The molecular weight excluding hydrogens is 336 g/mol. The minimum Gasteiger partial charge on any atom is -0.494 e. The van der Waals surface area contributed by atoms with Gasteiger partial charge in [-0.25, -0.2) is 4.57 Å². The lowest BCUT2D eigenvalue weighted by Gasteiger charge is -2.13. The second-order valence-electron chi connectivity index (χ2n) is 6.35. The Hall–Kier alpha value is -3.66. The van der Waals surface area contributed by atoms with Crippen molar-refractivity contribution < 1.29 is 5.11 Å². The molecule has 4 rings (SSSR count). The third kappa shape index (κ3) is 3.13. The van der Waals surface area contributed by atoms with Crippen molar-refractivity contribution in [3.63, 3.8) is 0 Å². The number of aliphatic imine (C=N–C) groups is 1. The van der Waals surface area contributed by atoms with Gasteiger partial charge in [0.1, 0.15) is 0 Å². The Bertz CT molecular complexity index is 1190. The summed E-state index contributed by atoms with van der Waals surface area (Å²) < 4.78 is 1.32. The second-order valence-corrected chi connectivity index (χ2v) is 6.35. The fraction of sp³-hybridized carbons (Fsp3) is 0.0435. The highest BCUT2D eigenvalue weighted by Gasteiger charge is 2.15. The molecule has 0 saturated heterocycles. The summed E-state index contributed by atoms with van der Waals surface area (Å²) in [4.78, 5) is 17.5. The lowest BCUT2D eigenvalue weighted by atomic mass is 10.1. The Morgan fingerprint density at radius 2 is 1.48 bits per heavy atom. The van der Waals surface area contributed by atoms with Gasteiger partial charge in [-0.15, -0.1) is 0 Å². The molecule has 4 heteroatoms. The topological polar surface area (TPSA) is 54.6 Å². The second kappa shape index (κ2) is 6.92. The summed E-state index contributed by atoms with van der Waals surface area (Å²) in [5.41, 5.74) is 2.79. The van der Waals surface area contributed by atoms with Gasteiger partial charge in [0, 0.05) is 17.0 Å². The van der Waals surface area contributed by atoms with Gasteiger partial charge in [-0.3, -0.25) is 9.79 Å². The number of aromatic hydroxyl groups is 1. The van der Waals surface area contributed by atoms with Gasteiger partial charge < -0.3 is 5.11 Å². The molecule has 1 N–H and O–H groups in total. The number of pyridine rings is 1. The molecule has 1 aromatic heterocycles. The van der Waals surface area contributed by atoms with Crippen molar-refractivity contribution in [2.24, 2.45) is 4.99 Å². The summed E-state index contributed by atoms with van der Waals surface area (Å²) in [7, 11) is 0. The number of fused-ring (bicyclic) bond motifs is 1. The van der Waals surface area contributed by atoms with Gasteiger partial charge in [0.25, 0.3) is 5.56 Å². The van der Waals surface area contributed by atoms with E-state index in [0.29, 0.717) is 22.0 Å². The van der Waals surface area contributed by atoms with E-state index in [1.807, 2.05) is 67.6 Å². The molecule has 4 nitrogen and oxygen atoms in total. The Labute approximate surface area is 156 Å². The molecule has 0 bridgehead atoms. The standard InChI is InChI=1S/C23H18N2O2/c1-16-11-13-17(14-12-16)24-15-21-19-9-5-6-10-20(19)22(26)25(23(21)27)18-7-3-2-4-8-18/h2-15,27H,1H3. The molecule has 0 spiro atoms. The molecule has 0 radical (unpaired) electrons. The highest BCUT2D eigenvalue weighted by Crippen LogP contribution is 2.26. The highest BCUT2D eigenvalue weighted by molar-refractivity contribution is 6.02. The van der Waals surface area contributed by atoms with E-state index < -0.39 is 0 Å². The maximum Gasteiger partial charge on any atom is 0.265 e. The van der Waals surface area contributed by atoms with Crippen molar-refractivity contribution in [2.45, 2.75) is 6.92 Å². The SMILES string of the molecule is Cc1ccc(N=Cc2c(O)n(-c3ccccc3)c(=O)c3ccccc23)cc1. The Kier molecular flexibility index (Phi) is 4.30. The first kappa shape index (κ1) is 16.8. The smallest absolute Gasteiger partial charge is 0.265 e. The van der Waals surface area contributed by atoms with Gasteiger partial charge in [-0.2, -0.15) is 0 Å². The third-order valence-corrected chi connectivity index (χ3v) is 4.49. The molecule has 0 aliphatic rings. The van der Waals surface area contributed by atoms with E-state index in [1.54, 1.807) is 24.4 Å². The Balaban J connectivity index is 1.96. The predicted molar refractivity (Wildman–Crippen MR) is 110 cm³/mol. The first-order chi connectivity index (χ1) is 13.1. The van der Waals surface area contributed by atoms with E-state index in [9.17, 15) is 9.90 Å². The quantitative estimate of drug-likeness (QED) is 0.540. The van der Waals surface area contributed by atoms with Crippen LogP contribution >= 0.6 is 0 Å². The molecule has 0 aliphatic carbocycles. The van der Waals surface area contributed by atoms with Gasteiger partial charge in [0.15, 0.2) is 0 Å². The van der Waals surface area contributed by atoms with Crippen LogP contribution in [0.5, 0.6) is 5.88 Å². The largest absolute Gasteiger partial charge is 0.494 e. The van der Waals surface area contributed by atoms with Crippen LogP contribution in [0.3, 0.4) is 0 Å².